The molecule has 94 valence electrons. The Hall–Kier alpha value is -1.06. The number of amides is 2. The van der Waals surface area contributed by atoms with Crippen molar-refractivity contribution in [2.45, 2.75) is 51.0 Å². The minimum atomic E-state index is -0.0926. The first-order valence-corrected chi connectivity index (χ1v) is 6.90. The van der Waals surface area contributed by atoms with Crippen LogP contribution in [0.5, 0.6) is 0 Å². The van der Waals surface area contributed by atoms with Crippen molar-refractivity contribution in [3.63, 3.8) is 0 Å². The first-order valence-electron chi connectivity index (χ1n) is 6.90. The van der Waals surface area contributed by atoms with E-state index in [0.717, 1.165) is 6.54 Å². The molecule has 2 aliphatic carbocycles. The van der Waals surface area contributed by atoms with E-state index in [1.807, 2.05) is 4.90 Å². The molecule has 1 aliphatic heterocycles. The molecule has 2 fully saturated rings. The van der Waals surface area contributed by atoms with E-state index < -0.39 is 0 Å². The molecule has 2 saturated carbocycles. The van der Waals surface area contributed by atoms with Crippen molar-refractivity contribution >= 4 is 11.9 Å². The lowest BCUT2D eigenvalue weighted by atomic mass is 9.83. The minimum absolute atomic E-state index is 0.0926. The third-order valence-electron chi connectivity index (χ3n) is 4.36. The molecule has 0 radical (unpaired) electrons. The van der Waals surface area contributed by atoms with Crippen molar-refractivity contribution in [1.82, 2.24) is 4.90 Å². The zero-order valence-corrected chi connectivity index (χ0v) is 10.3. The van der Waals surface area contributed by atoms with Gasteiger partial charge in [-0.3, -0.25) is 0 Å². The number of nitrogens with zero attached hydrogens (tertiary/aromatic N) is 2. The van der Waals surface area contributed by atoms with Gasteiger partial charge < -0.3 is 10.6 Å². The van der Waals surface area contributed by atoms with E-state index in [1.165, 1.54) is 44.9 Å². The van der Waals surface area contributed by atoms with Gasteiger partial charge in [-0.25, -0.2) is 4.79 Å². The molecule has 0 saturated heterocycles. The van der Waals surface area contributed by atoms with E-state index in [-0.39, 0.29) is 12.1 Å². The van der Waals surface area contributed by atoms with Crippen LogP contribution in [0, 0.1) is 11.8 Å². The standard InChI is InChI=1S/C13H21N3O/c14-12-11(10-4-2-1-3-5-10)16(13(17)15-12)8-9-6-7-9/h9-11H,1-8H2,(H2,14,15,17). The number of amidine groups is 1. The fraction of sp³-hybridized carbons (Fsp3) is 0.846. The van der Waals surface area contributed by atoms with Gasteiger partial charge in [-0.05, 0) is 37.5 Å². The molecule has 0 spiro atoms. The summed E-state index contributed by atoms with van der Waals surface area (Å²) in [4.78, 5) is 17.8. The maximum absolute atomic E-state index is 11.9. The van der Waals surface area contributed by atoms with Gasteiger partial charge in [-0.1, -0.05) is 19.3 Å². The first-order chi connectivity index (χ1) is 8.25. The van der Waals surface area contributed by atoms with Crippen molar-refractivity contribution in [2.24, 2.45) is 22.6 Å². The van der Waals surface area contributed by atoms with Crippen molar-refractivity contribution < 1.29 is 4.79 Å². The van der Waals surface area contributed by atoms with Crippen LogP contribution in [0.3, 0.4) is 0 Å². The number of nitrogens with two attached hydrogens (primary N) is 1. The summed E-state index contributed by atoms with van der Waals surface area (Å²) >= 11 is 0. The largest absolute Gasteiger partial charge is 0.385 e. The third kappa shape index (κ3) is 2.17. The molecule has 4 nitrogen and oxygen atoms in total. The highest BCUT2D eigenvalue weighted by Gasteiger charge is 2.41. The second-order valence-electron chi connectivity index (χ2n) is 5.76. The lowest BCUT2D eigenvalue weighted by molar-refractivity contribution is 0.172. The zero-order chi connectivity index (χ0) is 11.8. The normalized spacial score (nSPS) is 30.8. The van der Waals surface area contributed by atoms with E-state index in [9.17, 15) is 4.79 Å². The van der Waals surface area contributed by atoms with E-state index in [2.05, 4.69) is 4.99 Å². The molecule has 1 atom stereocenters. The Morgan fingerprint density at radius 2 is 1.88 bits per heavy atom. The SMILES string of the molecule is NC1=NC(=O)N(CC2CC2)C1C1CCCCC1. The Morgan fingerprint density at radius 1 is 1.18 bits per heavy atom. The molecule has 0 aromatic carbocycles. The van der Waals surface area contributed by atoms with E-state index in [4.69, 9.17) is 5.73 Å². The Morgan fingerprint density at radius 3 is 2.53 bits per heavy atom. The number of hydrogen-bond acceptors (Lipinski definition) is 2. The van der Waals surface area contributed by atoms with Crippen LogP contribution in [0.25, 0.3) is 0 Å². The maximum atomic E-state index is 11.9. The number of carbonyl (C=O) groups is 1. The molecule has 3 rings (SSSR count). The second-order valence-corrected chi connectivity index (χ2v) is 5.76. The Kier molecular flexibility index (Phi) is 2.81. The van der Waals surface area contributed by atoms with E-state index in [1.54, 1.807) is 0 Å². The summed E-state index contributed by atoms with van der Waals surface area (Å²) in [6.07, 6.45) is 8.82. The highest BCUT2D eigenvalue weighted by molar-refractivity contribution is 6.03. The van der Waals surface area contributed by atoms with Crippen molar-refractivity contribution in [3.05, 3.63) is 0 Å². The summed E-state index contributed by atoms with van der Waals surface area (Å²) in [5, 5.41) is 0. The summed E-state index contributed by atoms with van der Waals surface area (Å²) in [6, 6.07) is 0.0216. The average molecular weight is 235 g/mol. The van der Waals surface area contributed by atoms with Gasteiger partial charge in [0, 0.05) is 6.54 Å². The number of rotatable bonds is 3. The third-order valence-corrected chi connectivity index (χ3v) is 4.36. The van der Waals surface area contributed by atoms with Crippen LogP contribution < -0.4 is 5.73 Å². The van der Waals surface area contributed by atoms with Crippen molar-refractivity contribution in [3.8, 4) is 0 Å². The summed E-state index contributed by atoms with van der Waals surface area (Å²) < 4.78 is 0. The molecular formula is C13H21N3O. The topological polar surface area (TPSA) is 58.7 Å². The van der Waals surface area contributed by atoms with Crippen LogP contribution in [0.15, 0.2) is 4.99 Å². The summed E-state index contributed by atoms with van der Waals surface area (Å²) in [5.74, 6) is 1.84. The fourth-order valence-corrected chi connectivity index (χ4v) is 3.24. The van der Waals surface area contributed by atoms with Gasteiger partial charge in [0.1, 0.15) is 5.84 Å². The monoisotopic (exact) mass is 235 g/mol. The molecule has 0 aromatic rings. The Balaban J connectivity index is 1.73. The molecule has 2 N–H and O–H groups in total. The molecular weight excluding hydrogens is 214 g/mol. The molecule has 4 heteroatoms. The predicted octanol–water partition coefficient (Wildman–Crippen LogP) is 2.14. The number of aliphatic imine (C=N–C) groups is 1. The number of carbonyl (C=O) groups excluding carboxylic acids is 1. The van der Waals surface area contributed by atoms with Crippen LogP contribution in [0.1, 0.15) is 44.9 Å². The van der Waals surface area contributed by atoms with Crippen LogP contribution in [0.2, 0.25) is 0 Å². The van der Waals surface area contributed by atoms with Gasteiger partial charge in [-0.15, -0.1) is 0 Å². The van der Waals surface area contributed by atoms with Gasteiger partial charge in [-0.2, -0.15) is 4.99 Å². The number of urea groups is 1. The lowest BCUT2D eigenvalue weighted by Crippen LogP contribution is -2.47. The quantitative estimate of drug-likeness (QED) is 0.814. The highest BCUT2D eigenvalue weighted by atomic mass is 16.2. The maximum Gasteiger partial charge on any atom is 0.345 e. The van der Waals surface area contributed by atoms with E-state index in [0.29, 0.717) is 17.7 Å². The molecule has 1 heterocycles. The Labute approximate surface area is 102 Å². The van der Waals surface area contributed by atoms with Crippen molar-refractivity contribution in [1.29, 1.82) is 0 Å². The van der Waals surface area contributed by atoms with Gasteiger partial charge in [0.05, 0.1) is 6.04 Å². The van der Waals surface area contributed by atoms with Gasteiger partial charge >= 0.3 is 6.03 Å². The molecule has 1 unspecified atom stereocenters. The predicted molar refractivity (Wildman–Crippen MR) is 66.8 cm³/mol. The Bertz CT molecular complexity index is 343. The minimum Gasteiger partial charge on any atom is -0.385 e. The van der Waals surface area contributed by atoms with Gasteiger partial charge in [0.2, 0.25) is 0 Å². The fourth-order valence-electron chi connectivity index (χ4n) is 3.24. The summed E-state index contributed by atoms with van der Waals surface area (Å²) in [7, 11) is 0. The van der Waals surface area contributed by atoms with Crippen LogP contribution >= 0.6 is 0 Å². The molecule has 0 aromatic heterocycles. The molecule has 0 bridgehead atoms. The molecule has 3 aliphatic rings. The van der Waals surface area contributed by atoms with Crippen LogP contribution in [-0.4, -0.2) is 29.4 Å². The van der Waals surface area contributed by atoms with Gasteiger partial charge in [0.15, 0.2) is 0 Å². The summed E-state index contributed by atoms with van der Waals surface area (Å²) in [5.41, 5.74) is 5.97. The smallest absolute Gasteiger partial charge is 0.345 e. The lowest BCUT2D eigenvalue weighted by Gasteiger charge is -2.33. The highest BCUT2D eigenvalue weighted by Crippen LogP contribution is 2.36. The average Bonchev–Trinajstić information content (AvgIpc) is 3.08. The second kappa shape index (κ2) is 4.31. The first kappa shape index (κ1) is 11.1. The summed E-state index contributed by atoms with van der Waals surface area (Å²) in [6.45, 7) is 0.879. The van der Waals surface area contributed by atoms with E-state index >= 15 is 0 Å². The van der Waals surface area contributed by atoms with Crippen LogP contribution in [-0.2, 0) is 0 Å². The zero-order valence-electron chi connectivity index (χ0n) is 10.3. The molecule has 17 heavy (non-hydrogen) atoms. The number of hydrogen-bond donors (Lipinski definition) is 1. The van der Waals surface area contributed by atoms with Crippen LogP contribution in [0.4, 0.5) is 4.79 Å². The molecule has 2 amide bonds. The van der Waals surface area contributed by atoms with Crippen molar-refractivity contribution in [2.75, 3.05) is 6.54 Å². The van der Waals surface area contributed by atoms with Gasteiger partial charge in [0.25, 0.3) is 0 Å².